The van der Waals surface area contributed by atoms with E-state index in [1.165, 1.54) is 11.0 Å². The van der Waals surface area contributed by atoms with Crippen molar-refractivity contribution in [1.82, 2.24) is 15.5 Å². The topological polar surface area (TPSA) is 123 Å². The van der Waals surface area contributed by atoms with Gasteiger partial charge in [-0.25, -0.2) is 14.0 Å². The molecule has 9 nitrogen and oxygen atoms in total. The number of halogens is 3. The van der Waals surface area contributed by atoms with Crippen molar-refractivity contribution < 1.29 is 37.0 Å². The fourth-order valence-corrected chi connectivity index (χ4v) is 4.52. The molecular formula is C21H27F3N4O5. The van der Waals surface area contributed by atoms with Crippen LogP contribution in [0.25, 0.3) is 0 Å². The molecule has 0 unspecified atom stereocenters. The molecule has 2 bridgehead atoms. The van der Waals surface area contributed by atoms with Crippen molar-refractivity contribution in [2.45, 2.75) is 69.9 Å². The molecule has 3 aliphatic rings. The van der Waals surface area contributed by atoms with Crippen LogP contribution in [0, 0.1) is 5.82 Å². The van der Waals surface area contributed by atoms with E-state index in [0.717, 1.165) is 12.1 Å². The van der Waals surface area contributed by atoms with E-state index in [-0.39, 0.29) is 24.4 Å². The number of alkyl halides is 2. The number of rotatable bonds is 8. The van der Waals surface area contributed by atoms with Gasteiger partial charge in [0.05, 0.1) is 17.6 Å². The number of nitrogens with two attached hydrogens (primary N) is 1. The molecule has 3 aliphatic carbocycles. The molecule has 4 rings (SSSR count). The van der Waals surface area contributed by atoms with Crippen molar-refractivity contribution >= 4 is 18.0 Å². The number of hydrogen-bond donors (Lipinski definition) is 3. The number of carbonyl (C=O) groups excluding carboxylic acids is 3. The highest BCUT2D eigenvalue weighted by molar-refractivity contribution is 5.84. The van der Waals surface area contributed by atoms with Gasteiger partial charge in [0, 0.05) is 12.6 Å². The van der Waals surface area contributed by atoms with E-state index in [4.69, 9.17) is 10.5 Å². The summed E-state index contributed by atoms with van der Waals surface area (Å²) < 4.78 is 48.6. The molecule has 12 heteroatoms. The molecule has 0 saturated heterocycles. The van der Waals surface area contributed by atoms with Gasteiger partial charge in [0.2, 0.25) is 5.91 Å². The number of hydrogen-bond acceptors (Lipinski definition) is 5. The second kappa shape index (κ2) is 8.64. The molecule has 1 aromatic carbocycles. The van der Waals surface area contributed by atoms with Gasteiger partial charge < -0.3 is 30.7 Å². The van der Waals surface area contributed by atoms with Crippen LogP contribution in [0.2, 0.25) is 0 Å². The molecule has 0 radical (unpaired) electrons. The summed E-state index contributed by atoms with van der Waals surface area (Å²) in [5, 5.41) is 5.06. The quantitative estimate of drug-likeness (QED) is 0.537. The number of alkyl carbamates (subject to hydrolysis) is 1. The van der Waals surface area contributed by atoms with E-state index in [0.29, 0.717) is 19.3 Å². The molecule has 3 saturated carbocycles. The third-order valence-electron chi connectivity index (χ3n) is 5.55. The Labute approximate surface area is 188 Å². The van der Waals surface area contributed by atoms with Gasteiger partial charge in [0.1, 0.15) is 17.2 Å². The maximum Gasteiger partial charge on any atom is 0.408 e. The molecule has 3 fully saturated rings. The maximum atomic E-state index is 14.0. The molecule has 33 heavy (non-hydrogen) atoms. The van der Waals surface area contributed by atoms with E-state index in [1.807, 2.05) is 0 Å². The summed E-state index contributed by atoms with van der Waals surface area (Å²) in [7, 11) is 0. The Kier molecular flexibility index (Phi) is 6.40. The summed E-state index contributed by atoms with van der Waals surface area (Å²) in [6.07, 6.45) is 0.717. The molecular weight excluding hydrogens is 445 g/mol. The maximum absolute atomic E-state index is 14.0. The largest absolute Gasteiger partial charge is 0.444 e. The predicted octanol–water partition coefficient (Wildman–Crippen LogP) is 2.62. The lowest BCUT2D eigenvalue weighted by Gasteiger charge is -2.73. The van der Waals surface area contributed by atoms with Crippen LogP contribution in [-0.2, 0) is 16.1 Å². The first-order valence-electron chi connectivity index (χ1n) is 10.3. The molecule has 4 amide bonds. The standard InChI is InChI=1S/C21H27F3N4O5/c1-19(2,3)33-18(31)27-20-9-21(10-20,11-20)28(15(29)7-26-17(25)30)8-12-4-13(22)6-14(5-12)32-16(23)24/h4-6,16H,7-11H2,1-3H3,(H,27,31)(H3,25,26,30). The van der Waals surface area contributed by atoms with Crippen LogP contribution in [0.1, 0.15) is 45.6 Å². The first-order valence-corrected chi connectivity index (χ1v) is 10.3. The van der Waals surface area contributed by atoms with Crippen LogP contribution in [0.4, 0.5) is 22.8 Å². The van der Waals surface area contributed by atoms with Gasteiger partial charge in [-0.05, 0) is 57.7 Å². The van der Waals surface area contributed by atoms with E-state index < -0.39 is 47.1 Å². The Morgan fingerprint density at radius 3 is 2.36 bits per heavy atom. The first kappa shape index (κ1) is 24.5. The molecule has 182 valence electrons. The predicted molar refractivity (Wildman–Crippen MR) is 110 cm³/mol. The second-order valence-corrected chi connectivity index (χ2v) is 9.53. The molecule has 0 aliphatic heterocycles. The monoisotopic (exact) mass is 472 g/mol. The lowest BCUT2D eigenvalue weighted by atomic mass is 9.43. The Morgan fingerprint density at radius 1 is 1.18 bits per heavy atom. The smallest absolute Gasteiger partial charge is 0.408 e. The summed E-state index contributed by atoms with van der Waals surface area (Å²) >= 11 is 0. The highest BCUT2D eigenvalue weighted by Gasteiger charge is 2.72. The van der Waals surface area contributed by atoms with Crippen molar-refractivity contribution in [2.24, 2.45) is 5.73 Å². The Balaban J connectivity index is 1.74. The van der Waals surface area contributed by atoms with E-state index >= 15 is 0 Å². The van der Waals surface area contributed by atoms with Gasteiger partial charge in [0.25, 0.3) is 0 Å². The average molecular weight is 472 g/mol. The average Bonchev–Trinajstić information content (AvgIpc) is 2.57. The van der Waals surface area contributed by atoms with Crippen LogP contribution in [0.15, 0.2) is 18.2 Å². The van der Waals surface area contributed by atoms with Crippen LogP contribution in [-0.4, -0.2) is 52.8 Å². The minimum Gasteiger partial charge on any atom is -0.444 e. The van der Waals surface area contributed by atoms with Gasteiger partial charge in [0.15, 0.2) is 0 Å². The van der Waals surface area contributed by atoms with Crippen molar-refractivity contribution in [1.29, 1.82) is 0 Å². The Bertz CT molecular complexity index is 931. The van der Waals surface area contributed by atoms with Gasteiger partial charge in [-0.15, -0.1) is 0 Å². The van der Waals surface area contributed by atoms with E-state index in [9.17, 15) is 27.6 Å². The van der Waals surface area contributed by atoms with Crippen molar-refractivity contribution in [3.05, 3.63) is 29.6 Å². The highest BCUT2D eigenvalue weighted by Crippen LogP contribution is 2.64. The lowest BCUT2D eigenvalue weighted by Crippen LogP contribution is -2.84. The zero-order chi connectivity index (χ0) is 24.6. The zero-order valence-corrected chi connectivity index (χ0v) is 18.5. The minimum absolute atomic E-state index is 0.112. The van der Waals surface area contributed by atoms with E-state index in [2.05, 4.69) is 15.4 Å². The van der Waals surface area contributed by atoms with Gasteiger partial charge in [-0.3, -0.25) is 4.79 Å². The third kappa shape index (κ3) is 5.79. The molecule has 0 heterocycles. The van der Waals surface area contributed by atoms with Crippen LogP contribution < -0.4 is 21.1 Å². The van der Waals surface area contributed by atoms with Crippen molar-refractivity contribution in [3.8, 4) is 5.75 Å². The number of nitrogens with one attached hydrogen (secondary N) is 2. The number of primary amides is 1. The molecule has 0 spiro atoms. The van der Waals surface area contributed by atoms with E-state index in [1.54, 1.807) is 20.8 Å². The van der Waals surface area contributed by atoms with Crippen molar-refractivity contribution in [3.63, 3.8) is 0 Å². The number of urea groups is 1. The number of carbonyl (C=O) groups is 3. The molecule has 1 aromatic rings. The molecule has 4 N–H and O–H groups in total. The lowest BCUT2D eigenvalue weighted by molar-refractivity contribution is -0.190. The number of benzene rings is 1. The summed E-state index contributed by atoms with van der Waals surface area (Å²) in [6.45, 7) is 1.60. The minimum atomic E-state index is -3.13. The summed E-state index contributed by atoms with van der Waals surface area (Å²) in [4.78, 5) is 37.5. The number of ether oxygens (including phenoxy) is 2. The number of nitrogens with zero attached hydrogens (tertiary/aromatic N) is 1. The second-order valence-electron chi connectivity index (χ2n) is 9.53. The van der Waals surface area contributed by atoms with Gasteiger partial charge in [-0.1, -0.05) is 0 Å². The van der Waals surface area contributed by atoms with Gasteiger partial charge in [-0.2, -0.15) is 8.78 Å². The Morgan fingerprint density at radius 2 is 1.82 bits per heavy atom. The number of amides is 4. The van der Waals surface area contributed by atoms with Crippen LogP contribution in [0.3, 0.4) is 0 Å². The highest BCUT2D eigenvalue weighted by atomic mass is 19.3. The fraction of sp³-hybridized carbons (Fsp3) is 0.571. The summed E-state index contributed by atoms with van der Waals surface area (Å²) in [6, 6.07) is 2.26. The molecule has 0 atom stereocenters. The van der Waals surface area contributed by atoms with Crippen LogP contribution in [0.5, 0.6) is 5.75 Å². The SMILES string of the molecule is CC(C)(C)OC(=O)NC12CC(N(Cc3cc(F)cc(OC(F)F)c3)C(=O)CNC(N)=O)(C1)C2. The van der Waals surface area contributed by atoms with Crippen LogP contribution >= 0.6 is 0 Å². The van der Waals surface area contributed by atoms with Crippen molar-refractivity contribution in [2.75, 3.05) is 6.54 Å². The third-order valence-corrected chi connectivity index (χ3v) is 5.55. The Hall–Kier alpha value is -3.18. The summed E-state index contributed by atoms with van der Waals surface area (Å²) in [5.41, 5.74) is 3.46. The zero-order valence-electron chi connectivity index (χ0n) is 18.5. The van der Waals surface area contributed by atoms with Gasteiger partial charge >= 0.3 is 18.7 Å². The normalized spacial score (nSPS) is 23.1. The molecule has 0 aromatic heterocycles. The fourth-order valence-electron chi connectivity index (χ4n) is 4.52. The first-order chi connectivity index (χ1) is 15.2. The summed E-state index contributed by atoms with van der Waals surface area (Å²) in [5.74, 6) is -1.66.